The number of hydrogen-bond acceptors (Lipinski definition) is 2. The van der Waals surface area contributed by atoms with Gasteiger partial charge in [0, 0.05) is 5.41 Å². The third-order valence-corrected chi connectivity index (χ3v) is 9.17. The summed E-state index contributed by atoms with van der Waals surface area (Å²) in [6, 6.07) is 6.58. The fourth-order valence-corrected chi connectivity index (χ4v) is 7.41. The predicted octanol–water partition coefficient (Wildman–Crippen LogP) is 5.50. The molecule has 2 N–H and O–H groups in total. The van der Waals surface area contributed by atoms with Gasteiger partial charge in [-0.1, -0.05) is 43.7 Å². The molecule has 0 radical (unpaired) electrons. The summed E-state index contributed by atoms with van der Waals surface area (Å²) in [5.41, 5.74) is 3.73. The van der Waals surface area contributed by atoms with Crippen LogP contribution < -0.4 is 0 Å². The molecule has 1 aromatic carbocycles. The Bertz CT molecular complexity index is 856. The van der Waals surface area contributed by atoms with E-state index in [1.807, 2.05) is 0 Å². The summed E-state index contributed by atoms with van der Waals surface area (Å²) in [4.78, 5) is 0. The van der Waals surface area contributed by atoms with E-state index < -0.39 is 6.10 Å². The molecule has 29 heavy (non-hydrogen) atoms. The van der Waals surface area contributed by atoms with Gasteiger partial charge in [-0.15, -0.1) is 0 Å². The van der Waals surface area contributed by atoms with Crippen LogP contribution in [0.1, 0.15) is 64.4 Å². The molecule has 0 bridgehead atoms. The zero-order valence-corrected chi connectivity index (χ0v) is 17.6. The average molecular weight is 397 g/mol. The third-order valence-electron chi connectivity index (χ3n) is 9.17. The van der Waals surface area contributed by atoms with Crippen LogP contribution in [0.5, 0.6) is 0 Å². The Morgan fingerprint density at radius 2 is 1.76 bits per heavy atom. The summed E-state index contributed by atoms with van der Waals surface area (Å²) in [6.45, 7) is 4.72. The van der Waals surface area contributed by atoms with E-state index in [0.717, 1.165) is 49.7 Å². The molecule has 3 saturated carbocycles. The molecule has 0 aliphatic heterocycles. The quantitative estimate of drug-likeness (QED) is 0.615. The summed E-state index contributed by atoms with van der Waals surface area (Å²) >= 11 is 0. The van der Waals surface area contributed by atoms with Gasteiger partial charge in [0.1, 0.15) is 5.82 Å². The monoisotopic (exact) mass is 396 g/mol. The van der Waals surface area contributed by atoms with Gasteiger partial charge in [0.05, 0.1) is 12.2 Å². The van der Waals surface area contributed by atoms with Gasteiger partial charge in [0.15, 0.2) is 0 Å². The highest BCUT2D eigenvalue weighted by molar-refractivity contribution is 5.55. The van der Waals surface area contributed by atoms with Crippen LogP contribution in [-0.4, -0.2) is 22.4 Å². The second-order valence-electron chi connectivity index (χ2n) is 10.6. The zero-order valence-electron chi connectivity index (χ0n) is 17.6. The second kappa shape index (κ2) is 6.78. The van der Waals surface area contributed by atoms with Crippen molar-refractivity contribution < 1.29 is 14.6 Å². The molecule has 156 valence electrons. The van der Waals surface area contributed by atoms with Crippen LogP contribution in [0.25, 0.3) is 6.08 Å². The average Bonchev–Trinajstić information content (AvgIpc) is 2.95. The van der Waals surface area contributed by atoms with Crippen molar-refractivity contribution in [2.45, 2.75) is 71.0 Å². The third kappa shape index (κ3) is 2.96. The molecule has 2 nitrogen and oxygen atoms in total. The first kappa shape index (κ1) is 19.5. The molecular formula is C26H33FO2. The molecule has 4 aliphatic rings. The molecule has 4 aliphatic carbocycles. The molecule has 1 aromatic rings. The van der Waals surface area contributed by atoms with Crippen molar-refractivity contribution in [3.05, 3.63) is 52.9 Å². The maximum atomic E-state index is 13.3. The fraction of sp³-hybridized carbons (Fsp3) is 0.615. The number of aliphatic hydroxyl groups is 2. The van der Waals surface area contributed by atoms with Crippen molar-refractivity contribution >= 4 is 6.08 Å². The maximum Gasteiger partial charge on any atom is 0.123 e. The number of fused-ring (bicyclic) bond motifs is 5. The summed E-state index contributed by atoms with van der Waals surface area (Å²) < 4.78 is 13.3. The van der Waals surface area contributed by atoms with Gasteiger partial charge in [0.2, 0.25) is 0 Å². The number of rotatable bonds is 1. The van der Waals surface area contributed by atoms with E-state index in [2.05, 4.69) is 26.0 Å². The lowest BCUT2D eigenvalue weighted by Crippen LogP contribution is -2.51. The molecular weight excluding hydrogens is 363 g/mol. The van der Waals surface area contributed by atoms with Gasteiger partial charge in [-0.25, -0.2) is 4.39 Å². The van der Waals surface area contributed by atoms with Gasteiger partial charge < -0.3 is 10.2 Å². The normalized spacial score (nSPS) is 45.3. The lowest BCUT2D eigenvalue weighted by molar-refractivity contribution is -0.0685. The molecule has 0 aromatic heterocycles. The van der Waals surface area contributed by atoms with Gasteiger partial charge in [0.25, 0.3) is 0 Å². The van der Waals surface area contributed by atoms with Crippen LogP contribution in [-0.2, 0) is 0 Å². The zero-order chi connectivity index (χ0) is 20.4. The molecule has 7 atom stereocenters. The predicted molar refractivity (Wildman–Crippen MR) is 113 cm³/mol. The van der Waals surface area contributed by atoms with E-state index in [1.54, 1.807) is 12.1 Å². The summed E-state index contributed by atoms with van der Waals surface area (Å²) in [5.74, 6) is 1.53. The first-order valence-electron chi connectivity index (χ1n) is 11.3. The van der Waals surface area contributed by atoms with E-state index >= 15 is 0 Å². The van der Waals surface area contributed by atoms with E-state index in [4.69, 9.17) is 0 Å². The molecule has 0 amide bonds. The minimum absolute atomic E-state index is 0.0666. The Balaban J connectivity index is 1.46. The van der Waals surface area contributed by atoms with Crippen LogP contribution in [0.3, 0.4) is 0 Å². The Morgan fingerprint density at radius 3 is 2.52 bits per heavy atom. The molecule has 0 unspecified atom stereocenters. The van der Waals surface area contributed by atoms with Crippen LogP contribution in [0.2, 0.25) is 0 Å². The van der Waals surface area contributed by atoms with Crippen LogP contribution in [0.15, 0.2) is 41.5 Å². The van der Waals surface area contributed by atoms with Gasteiger partial charge in [-0.05, 0) is 91.4 Å². The molecule has 0 spiro atoms. The van der Waals surface area contributed by atoms with Crippen molar-refractivity contribution in [2.24, 2.45) is 28.6 Å². The van der Waals surface area contributed by atoms with E-state index in [0.29, 0.717) is 17.8 Å². The molecule has 5 rings (SSSR count). The Hall–Kier alpha value is -1.45. The largest absolute Gasteiger partial charge is 0.393 e. The molecule has 0 heterocycles. The number of benzene rings is 1. The highest BCUT2D eigenvalue weighted by Crippen LogP contribution is 2.65. The van der Waals surface area contributed by atoms with Gasteiger partial charge in [-0.3, -0.25) is 0 Å². The van der Waals surface area contributed by atoms with Crippen molar-refractivity contribution in [2.75, 3.05) is 0 Å². The topological polar surface area (TPSA) is 40.5 Å². The van der Waals surface area contributed by atoms with Crippen LogP contribution >= 0.6 is 0 Å². The number of halogens is 1. The molecule has 0 saturated heterocycles. The Morgan fingerprint density at radius 1 is 1.00 bits per heavy atom. The summed E-state index contributed by atoms with van der Waals surface area (Å²) in [6.07, 6.45) is 11.0. The summed E-state index contributed by atoms with van der Waals surface area (Å²) in [5, 5.41) is 21.5. The van der Waals surface area contributed by atoms with E-state index in [9.17, 15) is 14.6 Å². The smallest absolute Gasteiger partial charge is 0.123 e. The summed E-state index contributed by atoms with van der Waals surface area (Å²) in [7, 11) is 0. The Kier molecular flexibility index (Phi) is 4.56. The van der Waals surface area contributed by atoms with E-state index in [-0.39, 0.29) is 22.8 Å². The minimum Gasteiger partial charge on any atom is -0.393 e. The number of aliphatic hydroxyl groups excluding tert-OH is 2. The lowest BCUT2D eigenvalue weighted by Gasteiger charge is -2.57. The SMILES string of the molecule is C[C@@]12CC[C@H]3[C@@H](CC=C4C[C@@H](O)CC[C@]43C)[C@H]1C/C(=C\c1ccc(F)cc1)[C@@H]2O. The second-order valence-corrected chi connectivity index (χ2v) is 10.6. The molecule has 3 heteroatoms. The Labute approximate surface area is 173 Å². The highest BCUT2D eigenvalue weighted by Gasteiger charge is 2.59. The standard InChI is InChI=1S/C26H33FO2/c1-25-11-9-20(28)15-18(25)5-8-21-22(25)10-12-26(2)23(21)14-17(24(26)29)13-16-3-6-19(27)7-4-16/h3-7,13,20-24,28-29H,8-12,14-15H2,1-2H3/b17-13+/t20-,21+,22-,23+,24-,25+,26+/m0/s1. The number of allylic oxidation sites excluding steroid dienone is 1. The maximum absolute atomic E-state index is 13.3. The lowest BCUT2D eigenvalue weighted by atomic mass is 9.48. The first-order valence-corrected chi connectivity index (χ1v) is 11.3. The van der Waals surface area contributed by atoms with Crippen LogP contribution in [0.4, 0.5) is 4.39 Å². The van der Waals surface area contributed by atoms with Crippen molar-refractivity contribution in [3.63, 3.8) is 0 Å². The van der Waals surface area contributed by atoms with Crippen molar-refractivity contribution in [3.8, 4) is 0 Å². The highest BCUT2D eigenvalue weighted by atomic mass is 19.1. The van der Waals surface area contributed by atoms with E-state index in [1.165, 1.54) is 24.1 Å². The molecule has 3 fully saturated rings. The van der Waals surface area contributed by atoms with Crippen LogP contribution in [0, 0.1) is 34.4 Å². The van der Waals surface area contributed by atoms with Gasteiger partial charge in [-0.2, -0.15) is 0 Å². The van der Waals surface area contributed by atoms with Crippen molar-refractivity contribution in [1.82, 2.24) is 0 Å². The van der Waals surface area contributed by atoms with Gasteiger partial charge >= 0.3 is 0 Å². The fourth-order valence-electron chi connectivity index (χ4n) is 7.41. The number of hydrogen-bond donors (Lipinski definition) is 2. The van der Waals surface area contributed by atoms with Crippen molar-refractivity contribution in [1.29, 1.82) is 0 Å². The minimum atomic E-state index is -0.412. The first-order chi connectivity index (χ1) is 13.8.